The van der Waals surface area contributed by atoms with E-state index in [1.807, 2.05) is 0 Å². The Morgan fingerprint density at radius 1 is 1.31 bits per heavy atom. The highest BCUT2D eigenvalue weighted by Gasteiger charge is 2.08. The predicted octanol–water partition coefficient (Wildman–Crippen LogP) is 0.652. The van der Waals surface area contributed by atoms with Crippen LogP contribution in [-0.4, -0.2) is 21.0 Å². The van der Waals surface area contributed by atoms with Gasteiger partial charge in [0.1, 0.15) is 0 Å². The molecule has 0 radical (unpaired) electrons. The van der Waals surface area contributed by atoms with Crippen LogP contribution in [0.1, 0.15) is 22.8 Å². The van der Waals surface area contributed by atoms with Crippen molar-refractivity contribution in [3.63, 3.8) is 0 Å². The van der Waals surface area contributed by atoms with Crippen LogP contribution in [0.15, 0.2) is 24.3 Å². The third-order valence-electron chi connectivity index (χ3n) is 1.83. The first kappa shape index (κ1) is 12.7. The van der Waals surface area contributed by atoms with Crippen LogP contribution in [0.4, 0.5) is 0 Å². The molecule has 1 aromatic rings. The number of benzene rings is 1. The minimum atomic E-state index is -3.54. The Bertz CT molecular complexity index is 464. The molecule has 1 aromatic carbocycles. The number of hydrogen-bond acceptors (Lipinski definition) is 4. The second kappa shape index (κ2) is 5.09. The van der Waals surface area contributed by atoms with Gasteiger partial charge in [0.05, 0.1) is 17.9 Å². The number of carbonyl (C=O) groups excluding carboxylic acids is 1. The van der Waals surface area contributed by atoms with E-state index in [0.717, 1.165) is 0 Å². The molecule has 0 aliphatic heterocycles. The van der Waals surface area contributed by atoms with E-state index in [9.17, 15) is 13.2 Å². The van der Waals surface area contributed by atoms with Gasteiger partial charge in [0, 0.05) is 0 Å². The summed E-state index contributed by atoms with van der Waals surface area (Å²) in [6.45, 7) is 2.02. The normalized spacial score (nSPS) is 11.1. The first-order chi connectivity index (χ1) is 7.42. The van der Waals surface area contributed by atoms with Gasteiger partial charge in [0.15, 0.2) is 0 Å². The van der Waals surface area contributed by atoms with Gasteiger partial charge in [-0.2, -0.15) is 0 Å². The van der Waals surface area contributed by atoms with Crippen molar-refractivity contribution < 1.29 is 17.9 Å². The van der Waals surface area contributed by atoms with E-state index in [2.05, 4.69) is 0 Å². The number of nitrogens with two attached hydrogens (primary N) is 1. The van der Waals surface area contributed by atoms with E-state index in [4.69, 9.17) is 9.88 Å². The van der Waals surface area contributed by atoms with Gasteiger partial charge in [-0.3, -0.25) is 0 Å². The van der Waals surface area contributed by atoms with Crippen molar-refractivity contribution in [1.82, 2.24) is 0 Å². The molecule has 0 amide bonds. The smallest absolute Gasteiger partial charge is 0.338 e. The van der Waals surface area contributed by atoms with Gasteiger partial charge in [-0.05, 0) is 24.6 Å². The zero-order chi connectivity index (χ0) is 12.2. The number of primary sulfonamides is 1. The third-order valence-corrected chi connectivity index (χ3v) is 2.57. The molecule has 0 aromatic heterocycles. The van der Waals surface area contributed by atoms with Crippen molar-refractivity contribution in [2.45, 2.75) is 12.7 Å². The monoisotopic (exact) mass is 243 g/mol. The maximum absolute atomic E-state index is 11.3. The standard InChI is InChI=1S/C10H13NO4S/c1-2-15-10(12)9-5-3-8(4-6-9)7-16(11,13)14/h3-6H,2,7H2,1H3,(H2,11,13,14). The van der Waals surface area contributed by atoms with Crippen molar-refractivity contribution in [1.29, 1.82) is 0 Å². The number of hydrogen-bond donors (Lipinski definition) is 1. The second-order valence-corrected chi connectivity index (χ2v) is 4.84. The second-order valence-electron chi connectivity index (χ2n) is 3.22. The van der Waals surface area contributed by atoms with Gasteiger partial charge in [0.2, 0.25) is 10.0 Å². The molecule has 2 N–H and O–H groups in total. The summed E-state index contributed by atoms with van der Waals surface area (Å²) in [5, 5.41) is 4.89. The molecule has 6 heteroatoms. The van der Waals surface area contributed by atoms with Gasteiger partial charge >= 0.3 is 5.97 Å². The number of esters is 1. The van der Waals surface area contributed by atoms with Crippen LogP contribution < -0.4 is 5.14 Å². The average Bonchev–Trinajstić information content (AvgIpc) is 2.16. The van der Waals surface area contributed by atoms with Gasteiger partial charge in [0.25, 0.3) is 0 Å². The Balaban J connectivity index is 2.79. The van der Waals surface area contributed by atoms with E-state index >= 15 is 0 Å². The summed E-state index contributed by atoms with van der Waals surface area (Å²) >= 11 is 0. The summed E-state index contributed by atoms with van der Waals surface area (Å²) in [5.41, 5.74) is 0.926. The van der Waals surface area contributed by atoms with E-state index in [1.165, 1.54) is 24.3 Å². The molecule has 0 saturated heterocycles. The highest BCUT2D eigenvalue weighted by Crippen LogP contribution is 2.08. The minimum Gasteiger partial charge on any atom is -0.462 e. The molecular formula is C10H13NO4S. The Hall–Kier alpha value is -1.40. The maximum atomic E-state index is 11.3. The van der Waals surface area contributed by atoms with E-state index in [0.29, 0.717) is 17.7 Å². The number of ether oxygens (including phenoxy) is 1. The lowest BCUT2D eigenvalue weighted by molar-refractivity contribution is 0.0526. The molecule has 88 valence electrons. The highest BCUT2D eigenvalue weighted by molar-refractivity contribution is 7.88. The van der Waals surface area contributed by atoms with Gasteiger partial charge < -0.3 is 4.74 Å². The fraction of sp³-hybridized carbons (Fsp3) is 0.300. The lowest BCUT2D eigenvalue weighted by atomic mass is 10.1. The van der Waals surface area contributed by atoms with Crippen LogP contribution in [0.25, 0.3) is 0 Å². The fourth-order valence-corrected chi connectivity index (χ4v) is 1.84. The summed E-state index contributed by atoms with van der Waals surface area (Å²) in [5.74, 6) is -0.666. The van der Waals surface area contributed by atoms with Crippen LogP contribution in [0.5, 0.6) is 0 Å². The molecule has 0 spiro atoms. The zero-order valence-electron chi connectivity index (χ0n) is 8.84. The predicted molar refractivity (Wildman–Crippen MR) is 59.2 cm³/mol. The molecule has 5 nitrogen and oxygen atoms in total. The molecule has 0 fully saturated rings. The summed E-state index contributed by atoms with van der Waals surface area (Å²) < 4.78 is 26.4. The molecule has 1 rings (SSSR count). The Kier molecular flexibility index (Phi) is 4.03. The highest BCUT2D eigenvalue weighted by atomic mass is 32.2. The van der Waals surface area contributed by atoms with Crippen molar-refractivity contribution in [3.8, 4) is 0 Å². The van der Waals surface area contributed by atoms with Crippen molar-refractivity contribution in [3.05, 3.63) is 35.4 Å². The van der Waals surface area contributed by atoms with Crippen molar-refractivity contribution >= 4 is 16.0 Å². The van der Waals surface area contributed by atoms with Crippen LogP contribution in [0.2, 0.25) is 0 Å². The molecule has 0 atom stereocenters. The molecule has 0 aliphatic rings. The topological polar surface area (TPSA) is 86.5 Å². The van der Waals surface area contributed by atoms with Crippen LogP contribution in [-0.2, 0) is 20.5 Å². The molecular weight excluding hydrogens is 230 g/mol. The number of carbonyl (C=O) groups is 1. The molecule has 0 bridgehead atoms. The molecule has 0 aliphatic carbocycles. The van der Waals surface area contributed by atoms with Gasteiger partial charge in [-0.1, -0.05) is 12.1 Å². The van der Waals surface area contributed by atoms with Crippen LogP contribution in [0.3, 0.4) is 0 Å². The van der Waals surface area contributed by atoms with E-state index < -0.39 is 16.0 Å². The average molecular weight is 243 g/mol. The Morgan fingerprint density at radius 2 is 1.88 bits per heavy atom. The summed E-state index contributed by atoms with van der Waals surface area (Å²) in [6.07, 6.45) is 0. The zero-order valence-corrected chi connectivity index (χ0v) is 9.66. The van der Waals surface area contributed by atoms with E-state index in [-0.39, 0.29) is 5.75 Å². The first-order valence-corrected chi connectivity index (χ1v) is 6.40. The third kappa shape index (κ3) is 4.00. The van der Waals surface area contributed by atoms with Gasteiger partial charge in [-0.25, -0.2) is 18.4 Å². The van der Waals surface area contributed by atoms with Gasteiger partial charge in [-0.15, -0.1) is 0 Å². The van der Waals surface area contributed by atoms with Crippen LogP contribution in [0, 0.1) is 0 Å². The van der Waals surface area contributed by atoms with E-state index in [1.54, 1.807) is 6.92 Å². The van der Waals surface area contributed by atoms with Crippen molar-refractivity contribution in [2.24, 2.45) is 5.14 Å². The SMILES string of the molecule is CCOC(=O)c1ccc(CS(N)(=O)=O)cc1. The molecule has 16 heavy (non-hydrogen) atoms. The number of rotatable bonds is 4. The minimum absolute atomic E-state index is 0.240. The fourth-order valence-electron chi connectivity index (χ4n) is 1.18. The Morgan fingerprint density at radius 3 is 2.31 bits per heavy atom. The molecule has 0 unspecified atom stereocenters. The maximum Gasteiger partial charge on any atom is 0.338 e. The largest absolute Gasteiger partial charge is 0.462 e. The van der Waals surface area contributed by atoms with Crippen LogP contribution >= 0.6 is 0 Å². The van der Waals surface area contributed by atoms with Crippen molar-refractivity contribution in [2.75, 3.05) is 6.61 Å². The Labute approximate surface area is 94.3 Å². The first-order valence-electron chi connectivity index (χ1n) is 4.69. The quantitative estimate of drug-likeness (QED) is 0.787. The summed E-state index contributed by atoms with van der Waals surface area (Å²) in [4.78, 5) is 11.3. The lowest BCUT2D eigenvalue weighted by Crippen LogP contribution is -2.14. The molecule has 0 heterocycles. The summed E-state index contributed by atoms with van der Waals surface area (Å²) in [7, 11) is -3.54. The lowest BCUT2D eigenvalue weighted by Gasteiger charge is -2.03. The molecule has 0 saturated carbocycles. The summed E-state index contributed by atoms with van der Waals surface area (Å²) in [6, 6.07) is 6.10. The number of sulfonamides is 1.